The van der Waals surface area contributed by atoms with Gasteiger partial charge in [-0.05, 0) is 64.5 Å². The van der Waals surface area contributed by atoms with Crippen LogP contribution in [0.2, 0.25) is 0 Å². The van der Waals surface area contributed by atoms with Crippen LogP contribution in [0.1, 0.15) is 56.8 Å². The van der Waals surface area contributed by atoms with Crippen molar-refractivity contribution >= 4 is 11.8 Å². The van der Waals surface area contributed by atoms with Gasteiger partial charge >= 0.3 is 0 Å². The fourth-order valence-corrected chi connectivity index (χ4v) is 4.44. The first-order valence-electron chi connectivity index (χ1n) is 9.92. The van der Waals surface area contributed by atoms with Crippen molar-refractivity contribution in [2.75, 3.05) is 13.1 Å². The quantitative estimate of drug-likeness (QED) is 0.809. The molecule has 3 atom stereocenters. The number of hydrogen-bond donors (Lipinski definition) is 2. The minimum Gasteiger partial charge on any atom is -0.352 e. The number of carbonyl (C=O) groups is 2. The molecule has 0 radical (unpaired) electrons. The number of piperidine rings is 1. The molecule has 5 nitrogen and oxygen atoms in total. The molecule has 0 saturated carbocycles. The van der Waals surface area contributed by atoms with Gasteiger partial charge in [-0.3, -0.25) is 14.5 Å². The summed E-state index contributed by atoms with van der Waals surface area (Å²) in [6.07, 6.45) is 3.94. The van der Waals surface area contributed by atoms with Crippen molar-refractivity contribution in [3.8, 4) is 0 Å². The predicted molar refractivity (Wildman–Crippen MR) is 103 cm³/mol. The highest BCUT2D eigenvalue weighted by atomic mass is 19.1. The molecule has 1 aromatic carbocycles. The number of benzene rings is 1. The highest BCUT2D eigenvalue weighted by Gasteiger charge is 2.41. The van der Waals surface area contributed by atoms with E-state index in [4.69, 9.17) is 0 Å². The number of amides is 2. The second kappa shape index (κ2) is 8.15. The van der Waals surface area contributed by atoms with E-state index in [1.165, 1.54) is 6.07 Å². The maximum absolute atomic E-state index is 13.7. The molecule has 7 heteroatoms. The van der Waals surface area contributed by atoms with Gasteiger partial charge in [0.05, 0.1) is 12.1 Å². The molecule has 0 spiro atoms. The Morgan fingerprint density at radius 1 is 1.14 bits per heavy atom. The van der Waals surface area contributed by atoms with Gasteiger partial charge in [0.25, 0.3) is 5.91 Å². The Hall–Kier alpha value is -2.02. The molecule has 1 aromatic rings. The zero-order chi connectivity index (χ0) is 20.5. The highest BCUT2D eigenvalue weighted by Crippen LogP contribution is 2.38. The van der Waals surface area contributed by atoms with E-state index in [9.17, 15) is 18.4 Å². The summed E-state index contributed by atoms with van der Waals surface area (Å²) in [4.78, 5) is 26.8. The third-order valence-electron chi connectivity index (χ3n) is 5.55. The van der Waals surface area contributed by atoms with Crippen LogP contribution in [0.25, 0.3) is 0 Å². The van der Waals surface area contributed by atoms with Crippen LogP contribution in [0.15, 0.2) is 18.2 Å². The van der Waals surface area contributed by atoms with E-state index in [1.807, 2.05) is 20.8 Å². The Morgan fingerprint density at radius 3 is 2.36 bits per heavy atom. The van der Waals surface area contributed by atoms with Crippen molar-refractivity contribution in [2.24, 2.45) is 5.92 Å². The molecular formula is C21H29F2N3O2. The predicted octanol–water partition coefficient (Wildman–Crippen LogP) is 2.85. The van der Waals surface area contributed by atoms with Gasteiger partial charge < -0.3 is 10.6 Å². The van der Waals surface area contributed by atoms with Crippen molar-refractivity contribution in [1.29, 1.82) is 0 Å². The van der Waals surface area contributed by atoms with E-state index in [0.717, 1.165) is 37.8 Å². The number of carbonyl (C=O) groups excluding carboxylic acids is 2. The molecule has 2 amide bonds. The molecule has 0 aliphatic carbocycles. The second-order valence-corrected chi connectivity index (χ2v) is 9.03. The van der Waals surface area contributed by atoms with Crippen LogP contribution in [-0.2, 0) is 4.79 Å². The average molecular weight is 393 g/mol. The minimum absolute atomic E-state index is 0.0444. The summed E-state index contributed by atoms with van der Waals surface area (Å²) in [6, 6.07) is 3.65. The van der Waals surface area contributed by atoms with Gasteiger partial charge in [-0.25, -0.2) is 8.78 Å². The van der Waals surface area contributed by atoms with Crippen molar-refractivity contribution in [3.05, 3.63) is 35.4 Å². The maximum Gasteiger partial charge on any atom is 0.254 e. The first-order chi connectivity index (χ1) is 13.1. The Bertz CT molecular complexity index is 734. The Labute approximate surface area is 164 Å². The lowest BCUT2D eigenvalue weighted by molar-refractivity contribution is -0.125. The SMILES string of the molecule is CC(C)(C)NC(=O)CN1[C@@H]2CC[C@H]1C[C@H](CNC(=O)c1ccc(F)cc1F)C2. The fraction of sp³-hybridized carbons (Fsp3) is 0.619. The van der Waals surface area contributed by atoms with Crippen molar-refractivity contribution in [2.45, 2.75) is 64.1 Å². The van der Waals surface area contributed by atoms with Gasteiger partial charge in [0.1, 0.15) is 11.6 Å². The molecule has 0 aromatic heterocycles. The number of nitrogens with zero attached hydrogens (tertiary/aromatic N) is 1. The third kappa shape index (κ3) is 5.07. The number of rotatable bonds is 5. The van der Waals surface area contributed by atoms with E-state index in [2.05, 4.69) is 15.5 Å². The Morgan fingerprint density at radius 2 is 1.79 bits per heavy atom. The molecule has 28 heavy (non-hydrogen) atoms. The maximum atomic E-state index is 13.7. The van der Waals surface area contributed by atoms with Crippen LogP contribution in [-0.4, -0.2) is 47.4 Å². The number of nitrogens with one attached hydrogen (secondary N) is 2. The van der Waals surface area contributed by atoms with Crippen molar-refractivity contribution < 1.29 is 18.4 Å². The van der Waals surface area contributed by atoms with Gasteiger partial charge in [-0.2, -0.15) is 0 Å². The van der Waals surface area contributed by atoms with Crippen LogP contribution in [0, 0.1) is 17.6 Å². The number of hydrogen-bond acceptors (Lipinski definition) is 3. The van der Waals surface area contributed by atoms with E-state index in [0.29, 0.717) is 31.1 Å². The summed E-state index contributed by atoms with van der Waals surface area (Å²) in [5.41, 5.74) is -0.380. The normalized spacial score (nSPS) is 24.8. The van der Waals surface area contributed by atoms with Gasteiger partial charge in [0.2, 0.25) is 5.91 Å². The topological polar surface area (TPSA) is 61.4 Å². The molecule has 2 N–H and O–H groups in total. The van der Waals surface area contributed by atoms with Gasteiger partial charge in [0.15, 0.2) is 0 Å². The van der Waals surface area contributed by atoms with Crippen molar-refractivity contribution in [1.82, 2.24) is 15.5 Å². The Kier molecular flexibility index (Phi) is 6.03. The lowest BCUT2D eigenvalue weighted by Gasteiger charge is -2.39. The molecular weight excluding hydrogens is 364 g/mol. The Balaban J connectivity index is 1.51. The molecule has 2 aliphatic heterocycles. The molecule has 154 valence electrons. The molecule has 2 heterocycles. The summed E-state index contributed by atoms with van der Waals surface area (Å²) in [6.45, 7) is 6.78. The first-order valence-corrected chi connectivity index (χ1v) is 9.92. The van der Waals surface area contributed by atoms with Crippen molar-refractivity contribution in [3.63, 3.8) is 0 Å². The van der Waals surface area contributed by atoms with Crippen LogP contribution in [0.3, 0.4) is 0 Å². The van der Waals surface area contributed by atoms with Crippen LogP contribution < -0.4 is 10.6 Å². The second-order valence-electron chi connectivity index (χ2n) is 9.03. The van der Waals surface area contributed by atoms with Gasteiger partial charge in [-0.15, -0.1) is 0 Å². The molecule has 3 rings (SSSR count). The number of halogens is 2. The molecule has 2 bridgehead atoms. The summed E-state index contributed by atoms with van der Waals surface area (Å²) in [5, 5.41) is 5.80. The lowest BCUT2D eigenvalue weighted by Crippen LogP contribution is -2.52. The van der Waals surface area contributed by atoms with Crippen LogP contribution in [0.4, 0.5) is 8.78 Å². The largest absolute Gasteiger partial charge is 0.352 e. The smallest absolute Gasteiger partial charge is 0.254 e. The molecule has 0 unspecified atom stereocenters. The fourth-order valence-electron chi connectivity index (χ4n) is 4.44. The van der Waals surface area contributed by atoms with E-state index in [-0.39, 0.29) is 17.0 Å². The standard InChI is InChI=1S/C21H29F2N3O2/c1-21(2,3)25-19(27)12-26-15-5-6-16(26)9-13(8-15)11-24-20(28)17-7-4-14(22)10-18(17)23/h4,7,10,13,15-16H,5-6,8-9,11-12H2,1-3H3,(H,24,28)(H,25,27)/t13-,15-,16+. The lowest BCUT2D eigenvalue weighted by atomic mass is 9.90. The molecule has 2 saturated heterocycles. The zero-order valence-electron chi connectivity index (χ0n) is 16.7. The van der Waals surface area contributed by atoms with Gasteiger partial charge in [-0.1, -0.05) is 0 Å². The third-order valence-corrected chi connectivity index (χ3v) is 5.55. The van der Waals surface area contributed by atoms with E-state index in [1.54, 1.807) is 0 Å². The van der Waals surface area contributed by atoms with E-state index < -0.39 is 17.5 Å². The summed E-state index contributed by atoms with van der Waals surface area (Å²) in [7, 11) is 0. The first kappa shape index (κ1) is 20.7. The van der Waals surface area contributed by atoms with E-state index >= 15 is 0 Å². The highest BCUT2D eigenvalue weighted by molar-refractivity contribution is 5.94. The number of fused-ring (bicyclic) bond motifs is 2. The molecule has 2 aliphatic rings. The van der Waals surface area contributed by atoms with Crippen LogP contribution >= 0.6 is 0 Å². The van der Waals surface area contributed by atoms with Crippen LogP contribution in [0.5, 0.6) is 0 Å². The summed E-state index contributed by atoms with van der Waals surface area (Å²) < 4.78 is 26.7. The van der Waals surface area contributed by atoms with Gasteiger partial charge in [0, 0.05) is 30.2 Å². The average Bonchev–Trinajstić information content (AvgIpc) is 2.80. The molecule has 2 fully saturated rings. The minimum atomic E-state index is -0.850. The summed E-state index contributed by atoms with van der Waals surface area (Å²) >= 11 is 0. The summed E-state index contributed by atoms with van der Waals surface area (Å²) in [5.74, 6) is -1.72. The monoisotopic (exact) mass is 393 g/mol. The zero-order valence-corrected chi connectivity index (χ0v) is 16.7.